The first-order valence-electron chi connectivity index (χ1n) is 11.2. The number of aliphatic hydroxyl groups excluding tert-OH is 1. The van der Waals surface area contributed by atoms with Crippen molar-refractivity contribution < 1.29 is 29.0 Å². The highest BCUT2D eigenvalue weighted by Crippen LogP contribution is 2.58. The van der Waals surface area contributed by atoms with Crippen LogP contribution in [-0.2, 0) is 23.9 Å². The molecule has 8 heteroatoms. The molecule has 172 valence electrons. The molecule has 0 saturated carbocycles. The van der Waals surface area contributed by atoms with Crippen LogP contribution < -0.4 is 0 Å². The van der Waals surface area contributed by atoms with Gasteiger partial charge in [-0.1, -0.05) is 38.5 Å². The fourth-order valence-electron chi connectivity index (χ4n) is 5.46. The van der Waals surface area contributed by atoms with Gasteiger partial charge in [0.05, 0.1) is 24.5 Å². The summed E-state index contributed by atoms with van der Waals surface area (Å²) >= 11 is 0. The number of likely N-dealkylation sites (tertiary alicyclic amines) is 1. The molecule has 1 spiro atoms. The number of aliphatic hydroxyl groups is 1. The van der Waals surface area contributed by atoms with Crippen LogP contribution in [-0.4, -0.2) is 83.3 Å². The van der Waals surface area contributed by atoms with Gasteiger partial charge in [-0.2, -0.15) is 0 Å². The summed E-state index contributed by atoms with van der Waals surface area (Å²) in [6.07, 6.45) is 6.70. The number of β-amino-alcohol motifs (C(OH)–C–C–N with tert-alkyl or cyclic N) is 1. The first-order chi connectivity index (χ1) is 15.0. The zero-order chi connectivity index (χ0) is 22.6. The van der Waals surface area contributed by atoms with Gasteiger partial charge in [0.2, 0.25) is 11.8 Å². The Bertz CT molecular complexity index is 725. The first-order valence-corrected chi connectivity index (χ1v) is 11.2. The number of hydrogen-bond acceptors (Lipinski definition) is 6. The molecule has 3 heterocycles. The molecule has 3 aliphatic heterocycles. The van der Waals surface area contributed by atoms with E-state index >= 15 is 0 Å². The molecule has 2 unspecified atom stereocenters. The number of hydrogen-bond donors (Lipinski definition) is 1. The molecule has 0 aromatic carbocycles. The van der Waals surface area contributed by atoms with Crippen LogP contribution in [0.4, 0.5) is 0 Å². The van der Waals surface area contributed by atoms with Gasteiger partial charge < -0.3 is 24.4 Å². The smallest absolute Gasteiger partial charge is 0.312 e. The summed E-state index contributed by atoms with van der Waals surface area (Å²) in [7, 11) is 0. The molecule has 3 aliphatic rings. The fraction of sp³-hybridized carbons (Fsp3) is 0.696. The van der Waals surface area contributed by atoms with E-state index in [2.05, 4.69) is 20.1 Å². The Morgan fingerprint density at radius 3 is 2.77 bits per heavy atom. The van der Waals surface area contributed by atoms with E-state index < -0.39 is 35.6 Å². The second kappa shape index (κ2) is 9.96. The molecule has 5 atom stereocenters. The standard InChI is InChI=1S/C23H34N2O6/c1-4-7-8-12-24(11-5-2)21(28)19-23-10-9-16(31-23)17(22(29)30-15-6-3)18(23)20(27)25(19)13-14-26/h5-6,16-19,26H,2-4,7-15H2,1H3/t16-,17+,18-,19?,23?/m0/s1. The van der Waals surface area contributed by atoms with Crippen molar-refractivity contribution in [1.82, 2.24) is 9.80 Å². The van der Waals surface area contributed by atoms with Crippen LogP contribution in [0.3, 0.4) is 0 Å². The normalized spacial score (nSPS) is 30.9. The predicted molar refractivity (Wildman–Crippen MR) is 114 cm³/mol. The maximum atomic E-state index is 13.7. The van der Waals surface area contributed by atoms with Gasteiger partial charge >= 0.3 is 5.97 Å². The van der Waals surface area contributed by atoms with E-state index in [9.17, 15) is 19.5 Å². The predicted octanol–water partition coefficient (Wildman–Crippen LogP) is 1.29. The number of nitrogens with zero attached hydrogens (tertiary/aromatic N) is 2. The van der Waals surface area contributed by atoms with Gasteiger partial charge in [-0.25, -0.2) is 0 Å². The average Bonchev–Trinajstić information content (AvgIpc) is 3.39. The van der Waals surface area contributed by atoms with E-state index in [0.717, 1.165) is 19.3 Å². The summed E-state index contributed by atoms with van der Waals surface area (Å²) in [5.41, 5.74) is -1.06. The first kappa shape index (κ1) is 23.5. The molecule has 0 aliphatic carbocycles. The lowest BCUT2D eigenvalue weighted by Crippen LogP contribution is -2.56. The largest absolute Gasteiger partial charge is 0.461 e. The van der Waals surface area contributed by atoms with E-state index in [1.54, 1.807) is 11.0 Å². The van der Waals surface area contributed by atoms with Crippen molar-refractivity contribution in [1.29, 1.82) is 0 Å². The Kier molecular flexibility index (Phi) is 7.54. The van der Waals surface area contributed by atoms with Gasteiger partial charge in [-0.05, 0) is 19.3 Å². The molecular weight excluding hydrogens is 400 g/mol. The van der Waals surface area contributed by atoms with Gasteiger partial charge in [0.15, 0.2) is 0 Å². The van der Waals surface area contributed by atoms with E-state index in [1.807, 2.05) is 0 Å². The van der Waals surface area contributed by atoms with Crippen molar-refractivity contribution >= 4 is 17.8 Å². The number of carbonyl (C=O) groups is 3. The molecule has 0 aromatic rings. The third-order valence-corrected chi connectivity index (χ3v) is 6.68. The van der Waals surface area contributed by atoms with Gasteiger partial charge in [-0.15, -0.1) is 6.58 Å². The monoisotopic (exact) mass is 434 g/mol. The quantitative estimate of drug-likeness (QED) is 0.282. The molecule has 0 aromatic heterocycles. The van der Waals surface area contributed by atoms with Crippen LogP contribution in [0.25, 0.3) is 0 Å². The minimum Gasteiger partial charge on any atom is -0.461 e. The van der Waals surface area contributed by atoms with Gasteiger partial charge in [0, 0.05) is 19.6 Å². The van der Waals surface area contributed by atoms with Crippen LogP contribution in [0.1, 0.15) is 39.0 Å². The molecule has 3 fully saturated rings. The summed E-state index contributed by atoms with van der Waals surface area (Å²) in [6, 6.07) is -0.860. The van der Waals surface area contributed by atoms with Gasteiger partial charge in [0.25, 0.3) is 0 Å². The van der Waals surface area contributed by atoms with Crippen LogP contribution in [0.5, 0.6) is 0 Å². The average molecular weight is 435 g/mol. The minimum atomic E-state index is -1.06. The number of esters is 1. The molecule has 8 nitrogen and oxygen atoms in total. The van der Waals surface area contributed by atoms with E-state index in [4.69, 9.17) is 9.47 Å². The third kappa shape index (κ3) is 4.03. The number of unbranched alkanes of at least 4 members (excludes halogenated alkanes) is 2. The molecule has 31 heavy (non-hydrogen) atoms. The van der Waals surface area contributed by atoms with Crippen LogP contribution in [0.15, 0.2) is 25.3 Å². The Labute approximate surface area is 183 Å². The SMILES string of the molecule is C=CCOC(=O)[C@@H]1[C@@H]2CCC3(O2)C(C(=O)N(CC=C)CCCCC)N(CCO)C(=O)[C@H]13. The van der Waals surface area contributed by atoms with E-state index in [1.165, 1.54) is 11.0 Å². The maximum Gasteiger partial charge on any atom is 0.312 e. The lowest BCUT2D eigenvalue weighted by atomic mass is 9.70. The number of rotatable bonds is 12. The summed E-state index contributed by atoms with van der Waals surface area (Å²) < 4.78 is 11.5. The van der Waals surface area contributed by atoms with Crippen molar-refractivity contribution in [3.05, 3.63) is 25.3 Å². The highest BCUT2D eigenvalue weighted by Gasteiger charge is 2.74. The number of carbonyl (C=O) groups excluding carboxylic acids is 3. The summed E-state index contributed by atoms with van der Waals surface area (Å²) in [6.45, 7) is 10.2. The van der Waals surface area contributed by atoms with Gasteiger partial charge in [0.1, 0.15) is 18.2 Å². The second-order valence-electron chi connectivity index (χ2n) is 8.51. The summed E-state index contributed by atoms with van der Waals surface area (Å²) in [4.78, 5) is 43.0. The summed E-state index contributed by atoms with van der Waals surface area (Å²) in [5.74, 6) is -2.53. The summed E-state index contributed by atoms with van der Waals surface area (Å²) in [5, 5.41) is 9.60. The molecule has 2 amide bonds. The molecule has 1 N–H and O–H groups in total. The van der Waals surface area contributed by atoms with Crippen molar-refractivity contribution in [2.75, 3.05) is 32.8 Å². The molecule has 3 rings (SSSR count). The molecule has 0 radical (unpaired) electrons. The topological polar surface area (TPSA) is 96.4 Å². The highest BCUT2D eigenvalue weighted by molar-refractivity contribution is 5.98. The van der Waals surface area contributed by atoms with Crippen LogP contribution in [0, 0.1) is 11.8 Å². The number of amides is 2. The highest BCUT2D eigenvalue weighted by atomic mass is 16.6. The van der Waals surface area contributed by atoms with Crippen molar-refractivity contribution in [2.45, 2.75) is 56.8 Å². The molecule has 2 bridgehead atoms. The fourth-order valence-corrected chi connectivity index (χ4v) is 5.46. The van der Waals surface area contributed by atoms with E-state index in [0.29, 0.717) is 25.9 Å². The van der Waals surface area contributed by atoms with E-state index in [-0.39, 0.29) is 31.6 Å². The van der Waals surface area contributed by atoms with Gasteiger partial charge in [-0.3, -0.25) is 14.4 Å². The molecule has 3 saturated heterocycles. The zero-order valence-corrected chi connectivity index (χ0v) is 18.3. The Hall–Kier alpha value is -2.19. The zero-order valence-electron chi connectivity index (χ0n) is 18.3. The number of fused-ring (bicyclic) bond motifs is 1. The Morgan fingerprint density at radius 2 is 2.13 bits per heavy atom. The second-order valence-corrected chi connectivity index (χ2v) is 8.51. The number of ether oxygens (including phenoxy) is 2. The minimum absolute atomic E-state index is 0.0207. The Balaban J connectivity index is 1.93. The van der Waals surface area contributed by atoms with Crippen LogP contribution >= 0.6 is 0 Å². The maximum absolute atomic E-state index is 13.7. The Morgan fingerprint density at radius 1 is 1.35 bits per heavy atom. The lowest BCUT2D eigenvalue weighted by molar-refractivity contribution is -0.154. The lowest BCUT2D eigenvalue weighted by Gasteiger charge is -2.36. The third-order valence-electron chi connectivity index (χ3n) is 6.68. The van der Waals surface area contributed by atoms with Crippen molar-refractivity contribution in [2.24, 2.45) is 11.8 Å². The van der Waals surface area contributed by atoms with Crippen molar-refractivity contribution in [3.63, 3.8) is 0 Å². The van der Waals surface area contributed by atoms with Crippen molar-refractivity contribution in [3.8, 4) is 0 Å². The molecular formula is C23H34N2O6. The van der Waals surface area contributed by atoms with Crippen LogP contribution in [0.2, 0.25) is 0 Å².